The van der Waals surface area contributed by atoms with Crippen LogP contribution in [0.5, 0.6) is 0 Å². The lowest BCUT2D eigenvalue weighted by molar-refractivity contribution is -0.131. The van der Waals surface area contributed by atoms with Crippen LogP contribution < -0.4 is 5.73 Å². The van der Waals surface area contributed by atoms with Crippen LogP contribution in [0.25, 0.3) is 0 Å². The highest BCUT2D eigenvalue weighted by atomic mass is 16.7. The van der Waals surface area contributed by atoms with E-state index in [9.17, 15) is 0 Å². The number of ether oxygens (including phenoxy) is 2. The first-order chi connectivity index (χ1) is 5.35. The van der Waals surface area contributed by atoms with Gasteiger partial charge in [0.15, 0.2) is 6.29 Å². The Morgan fingerprint density at radius 3 is 2.18 bits per heavy atom. The van der Waals surface area contributed by atoms with E-state index < -0.39 is 0 Å². The Hall–Kier alpha value is -0.720. The highest BCUT2D eigenvalue weighted by Gasteiger charge is 2.03. The van der Waals surface area contributed by atoms with Gasteiger partial charge in [0.25, 0.3) is 0 Å². The van der Waals surface area contributed by atoms with Gasteiger partial charge in [0.1, 0.15) is 0 Å². The fourth-order valence-corrected chi connectivity index (χ4v) is 0.680. The van der Waals surface area contributed by atoms with Crippen molar-refractivity contribution in [2.75, 3.05) is 13.2 Å². The van der Waals surface area contributed by atoms with E-state index in [0.29, 0.717) is 19.6 Å². The van der Waals surface area contributed by atoms with Gasteiger partial charge in [-0.1, -0.05) is 5.92 Å². The minimum Gasteiger partial charge on any atom is -0.359 e. The highest BCUT2D eigenvalue weighted by molar-refractivity contribution is 4.94. The summed E-state index contributed by atoms with van der Waals surface area (Å²) in [6.07, 6.45) is 0.319. The molecule has 0 aromatic rings. The molecule has 3 heteroatoms. The Morgan fingerprint density at radius 1 is 1.27 bits per heavy atom. The third-order valence-electron chi connectivity index (χ3n) is 1.08. The summed E-state index contributed by atoms with van der Waals surface area (Å²) in [5, 5.41) is 0. The number of nitrogens with two attached hydrogens (primary N) is 1. The second-order valence-corrected chi connectivity index (χ2v) is 1.87. The second kappa shape index (κ2) is 7.39. The molecule has 2 N–H and O–H groups in total. The van der Waals surface area contributed by atoms with E-state index in [2.05, 4.69) is 12.0 Å². The molecule has 0 amide bonds. The number of rotatable bonds is 5. The van der Waals surface area contributed by atoms with Crippen molar-refractivity contribution in [2.24, 2.45) is 5.73 Å². The minimum absolute atomic E-state index is 0.221. The highest BCUT2D eigenvalue weighted by Crippen LogP contribution is 1.98. The Kier molecular flexibility index (Phi) is 6.90. The average molecular weight is 157 g/mol. The van der Waals surface area contributed by atoms with Crippen molar-refractivity contribution in [3.8, 4) is 12.0 Å². The normalized spacial score (nSPS) is 9.36. The molecular weight excluding hydrogens is 142 g/mol. The molecule has 3 nitrogen and oxygen atoms in total. The van der Waals surface area contributed by atoms with Crippen LogP contribution in [0.2, 0.25) is 0 Å². The lowest BCUT2D eigenvalue weighted by Crippen LogP contribution is -2.16. The van der Waals surface area contributed by atoms with Gasteiger partial charge in [-0.15, -0.1) is 0 Å². The van der Waals surface area contributed by atoms with Crippen LogP contribution in [-0.2, 0) is 9.47 Å². The fraction of sp³-hybridized carbons (Fsp3) is 0.750. The molecule has 0 spiro atoms. The fourth-order valence-electron chi connectivity index (χ4n) is 0.680. The van der Waals surface area contributed by atoms with Gasteiger partial charge in [0.05, 0.1) is 6.42 Å². The predicted molar refractivity (Wildman–Crippen MR) is 43.6 cm³/mol. The summed E-state index contributed by atoms with van der Waals surface area (Å²) >= 11 is 0. The lowest BCUT2D eigenvalue weighted by Gasteiger charge is -2.13. The van der Waals surface area contributed by atoms with Gasteiger partial charge in [0.2, 0.25) is 0 Å². The summed E-state index contributed by atoms with van der Waals surface area (Å²) in [6, 6.07) is 2.30. The largest absolute Gasteiger partial charge is 0.359 e. The van der Waals surface area contributed by atoms with Crippen molar-refractivity contribution < 1.29 is 9.47 Å². The molecule has 0 aliphatic rings. The van der Waals surface area contributed by atoms with E-state index in [1.165, 1.54) is 0 Å². The van der Waals surface area contributed by atoms with Gasteiger partial charge in [0, 0.05) is 19.3 Å². The van der Waals surface area contributed by atoms with Crippen LogP contribution in [0.3, 0.4) is 0 Å². The lowest BCUT2D eigenvalue weighted by atomic mass is 10.4. The smallest absolute Gasteiger partial charge is 0.168 e. The van der Waals surface area contributed by atoms with Crippen LogP contribution >= 0.6 is 0 Å². The molecule has 0 saturated heterocycles. The van der Waals surface area contributed by atoms with E-state index in [4.69, 9.17) is 15.2 Å². The third-order valence-corrected chi connectivity index (χ3v) is 1.08. The Labute approximate surface area is 67.9 Å². The van der Waals surface area contributed by atoms with Crippen molar-refractivity contribution in [1.82, 2.24) is 0 Å². The van der Waals surface area contributed by atoms with Gasteiger partial charge >= 0.3 is 0 Å². The standard InChI is InChI=1S/C8H15NO2/c1-3-10-8(11-4-2)6-5-7-9/h8H,3-4,6,9H2,1-2H3. The monoisotopic (exact) mass is 157 g/mol. The quantitative estimate of drug-likeness (QED) is 0.363. The molecule has 0 aromatic carbocycles. The molecule has 64 valence electrons. The topological polar surface area (TPSA) is 44.5 Å². The van der Waals surface area contributed by atoms with Crippen LogP contribution in [0.4, 0.5) is 0 Å². The molecule has 0 radical (unpaired) electrons. The summed E-state index contributed by atoms with van der Waals surface area (Å²) in [5.74, 6) is 2.70. The predicted octanol–water partition coefficient (Wildman–Crippen LogP) is 0.695. The maximum Gasteiger partial charge on any atom is 0.168 e. The van der Waals surface area contributed by atoms with Gasteiger partial charge in [-0.05, 0) is 13.8 Å². The van der Waals surface area contributed by atoms with Crippen LogP contribution in [0.1, 0.15) is 20.3 Å². The maximum atomic E-state index is 5.20. The Balaban J connectivity index is 3.56. The molecule has 0 aromatic heterocycles. The van der Waals surface area contributed by atoms with Gasteiger partial charge < -0.3 is 15.2 Å². The molecule has 0 bridgehead atoms. The van der Waals surface area contributed by atoms with E-state index in [0.717, 1.165) is 0 Å². The Morgan fingerprint density at radius 2 is 1.82 bits per heavy atom. The summed E-state index contributed by atoms with van der Waals surface area (Å²) < 4.78 is 10.4. The first kappa shape index (κ1) is 10.3. The molecule has 0 aliphatic carbocycles. The summed E-state index contributed by atoms with van der Waals surface area (Å²) in [4.78, 5) is 0. The van der Waals surface area contributed by atoms with E-state index in [1.807, 2.05) is 13.8 Å². The zero-order valence-electron chi connectivity index (χ0n) is 7.09. The maximum absolute atomic E-state index is 5.20. The van der Waals surface area contributed by atoms with Crippen molar-refractivity contribution in [3.63, 3.8) is 0 Å². The molecule has 11 heavy (non-hydrogen) atoms. The molecule has 0 fully saturated rings. The molecule has 0 aliphatic heterocycles. The van der Waals surface area contributed by atoms with Crippen molar-refractivity contribution in [3.05, 3.63) is 0 Å². The zero-order chi connectivity index (χ0) is 8.53. The van der Waals surface area contributed by atoms with Gasteiger partial charge in [-0.25, -0.2) is 0 Å². The van der Waals surface area contributed by atoms with Crippen LogP contribution in [0, 0.1) is 12.0 Å². The van der Waals surface area contributed by atoms with E-state index >= 15 is 0 Å². The molecule has 0 atom stereocenters. The summed E-state index contributed by atoms with van der Waals surface area (Å²) in [5.41, 5.74) is 5.00. The van der Waals surface area contributed by atoms with Crippen molar-refractivity contribution in [2.45, 2.75) is 26.6 Å². The molecular formula is C8H15NO2. The van der Waals surface area contributed by atoms with Gasteiger partial charge in [-0.3, -0.25) is 0 Å². The molecule has 0 rings (SSSR count). The minimum atomic E-state index is -0.221. The molecule has 0 heterocycles. The number of hydrogen-bond acceptors (Lipinski definition) is 3. The Bertz CT molecular complexity index is 131. The zero-order valence-corrected chi connectivity index (χ0v) is 7.09. The molecule has 0 unspecified atom stereocenters. The summed E-state index contributed by atoms with van der Waals surface area (Å²) in [6.45, 7) is 5.11. The molecule has 0 saturated carbocycles. The van der Waals surface area contributed by atoms with Gasteiger partial charge in [-0.2, -0.15) is 0 Å². The van der Waals surface area contributed by atoms with E-state index in [1.54, 1.807) is 0 Å². The first-order valence-electron chi connectivity index (χ1n) is 3.76. The summed E-state index contributed by atoms with van der Waals surface area (Å²) in [7, 11) is 0. The van der Waals surface area contributed by atoms with Crippen molar-refractivity contribution >= 4 is 0 Å². The average Bonchev–Trinajstić information content (AvgIpc) is 2.01. The number of hydrogen-bond donors (Lipinski definition) is 1. The second-order valence-electron chi connectivity index (χ2n) is 1.87. The van der Waals surface area contributed by atoms with Crippen molar-refractivity contribution in [1.29, 1.82) is 0 Å². The van der Waals surface area contributed by atoms with Crippen LogP contribution in [-0.4, -0.2) is 19.5 Å². The third kappa shape index (κ3) is 5.71. The SMILES string of the molecule is CCOC(CC#CN)OCC. The van der Waals surface area contributed by atoms with E-state index in [-0.39, 0.29) is 6.29 Å². The first-order valence-corrected chi connectivity index (χ1v) is 3.76. The van der Waals surface area contributed by atoms with Crippen LogP contribution in [0.15, 0.2) is 0 Å².